The highest BCUT2D eigenvalue weighted by molar-refractivity contribution is 6.04. The molecule has 1 aromatic rings. The number of aromatic nitrogens is 2. The molecule has 11 heteroatoms. The van der Waals surface area contributed by atoms with Crippen molar-refractivity contribution in [2.75, 3.05) is 44.2 Å². The predicted octanol–water partition coefficient (Wildman–Crippen LogP) is 0.261. The summed E-state index contributed by atoms with van der Waals surface area (Å²) >= 11 is 0. The number of piperazine rings is 1. The molecular formula is C24H34N10O. The van der Waals surface area contributed by atoms with Gasteiger partial charge in [0.05, 0.1) is 24.4 Å². The van der Waals surface area contributed by atoms with E-state index in [1.54, 1.807) is 6.20 Å². The number of rotatable bonds is 6. The molecule has 1 amide bonds. The smallest absolute Gasteiger partial charge is 0.298 e. The van der Waals surface area contributed by atoms with E-state index in [0.717, 1.165) is 48.8 Å². The third-order valence-corrected chi connectivity index (χ3v) is 6.95. The van der Waals surface area contributed by atoms with E-state index in [1.807, 2.05) is 25.3 Å². The zero-order valence-corrected chi connectivity index (χ0v) is 20.5. The number of amidine groups is 1. The van der Waals surface area contributed by atoms with Crippen LogP contribution < -0.4 is 32.3 Å². The molecule has 186 valence electrons. The molecule has 1 unspecified atom stereocenters. The van der Waals surface area contributed by atoms with Gasteiger partial charge in [-0.25, -0.2) is 15.0 Å². The number of dihydropyridines is 1. The largest absolute Gasteiger partial charge is 0.386 e. The van der Waals surface area contributed by atoms with Gasteiger partial charge in [-0.2, -0.15) is 4.99 Å². The van der Waals surface area contributed by atoms with Crippen molar-refractivity contribution in [3.8, 4) is 0 Å². The number of nitrogens with one attached hydrogen (secondary N) is 3. The second-order valence-corrected chi connectivity index (χ2v) is 9.30. The summed E-state index contributed by atoms with van der Waals surface area (Å²) in [5.74, 6) is 1.02. The van der Waals surface area contributed by atoms with Crippen molar-refractivity contribution in [2.45, 2.75) is 20.8 Å². The third-order valence-electron chi connectivity index (χ3n) is 6.95. The number of hydrogen-bond donors (Lipinski definition) is 5. The number of amides is 1. The molecule has 0 spiro atoms. The number of hydrogen-bond acceptors (Lipinski definition) is 9. The van der Waals surface area contributed by atoms with E-state index in [2.05, 4.69) is 54.7 Å². The molecular weight excluding hydrogens is 444 g/mol. The first-order valence-corrected chi connectivity index (χ1v) is 11.9. The van der Waals surface area contributed by atoms with Crippen LogP contribution in [0.4, 0.5) is 5.82 Å². The van der Waals surface area contributed by atoms with E-state index in [9.17, 15) is 4.79 Å². The molecule has 1 saturated heterocycles. The van der Waals surface area contributed by atoms with Crippen LogP contribution in [0, 0.1) is 11.3 Å². The van der Waals surface area contributed by atoms with Gasteiger partial charge in [-0.1, -0.05) is 19.9 Å². The Morgan fingerprint density at radius 2 is 1.97 bits per heavy atom. The van der Waals surface area contributed by atoms with E-state index in [1.165, 1.54) is 6.20 Å². The molecule has 1 atom stereocenters. The summed E-state index contributed by atoms with van der Waals surface area (Å²) in [5.41, 5.74) is 14.7. The molecule has 4 rings (SSSR count). The van der Waals surface area contributed by atoms with Gasteiger partial charge in [-0.3, -0.25) is 4.79 Å². The molecule has 0 saturated carbocycles. The maximum absolute atomic E-state index is 12.9. The maximum atomic E-state index is 12.9. The highest BCUT2D eigenvalue weighted by Crippen LogP contribution is 2.37. The molecule has 1 fully saturated rings. The molecule has 7 N–H and O–H groups in total. The lowest BCUT2D eigenvalue weighted by atomic mass is 9.71. The minimum Gasteiger partial charge on any atom is -0.386 e. The Labute approximate surface area is 205 Å². The van der Waals surface area contributed by atoms with E-state index in [0.29, 0.717) is 19.0 Å². The Kier molecular flexibility index (Phi) is 7.15. The van der Waals surface area contributed by atoms with Crippen molar-refractivity contribution in [1.82, 2.24) is 25.9 Å². The summed E-state index contributed by atoms with van der Waals surface area (Å²) in [6.07, 6.45) is 8.99. The Balaban J connectivity index is 1.52. The lowest BCUT2D eigenvalue weighted by Gasteiger charge is -2.37. The Bertz CT molecular complexity index is 1110. The SMILES string of the molecule is CC(C)C(C)(C1=CC=C(C2=CNC(N)=NC2)NC1)C(N)=NC(=O)c1cnc(N2CCNCC2)cn1. The van der Waals surface area contributed by atoms with Gasteiger partial charge in [0, 0.05) is 50.2 Å². The second kappa shape index (κ2) is 10.3. The first-order chi connectivity index (χ1) is 16.8. The van der Waals surface area contributed by atoms with Crippen LogP contribution in [0.3, 0.4) is 0 Å². The fourth-order valence-electron chi connectivity index (χ4n) is 4.26. The van der Waals surface area contributed by atoms with Gasteiger partial charge in [0.2, 0.25) is 0 Å². The Hall–Kier alpha value is -3.73. The van der Waals surface area contributed by atoms with Crippen molar-refractivity contribution in [3.05, 3.63) is 53.3 Å². The third kappa shape index (κ3) is 5.19. The van der Waals surface area contributed by atoms with Gasteiger partial charge in [-0.15, -0.1) is 0 Å². The standard InChI is InChI=1S/C24H34N10O/c1-15(2)24(3,17-4-5-18(28-12-17)16-10-31-23(26)32-11-16)22(25)33-21(35)19-13-30-20(14-29-19)34-8-6-27-7-9-34/h4-5,10,13-15,27-28H,6-9,11-12H2,1-3H3,(H2,25,33,35)(H3,26,31,32). The van der Waals surface area contributed by atoms with Crippen molar-refractivity contribution < 1.29 is 4.79 Å². The number of aliphatic imine (C=N–C) groups is 2. The summed E-state index contributed by atoms with van der Waals surface area (Å²) in [6, 6.07) is 0. The van der Waals surface area contributed by atoms with Crippen LogP contribution in [0.25, 0.3) is 0 Å². The van der Waals surface area contributed by atoms with Crippen molar-refractivity contribution >= 4 is 23.5 Å². The number of guanidine groups is 1. The summed E-state index contributed by atoms with van der Waals surface area (Å²) < 4.78 is 0. The first-order valence-electron chi connectivity index (χ1n) is 11.9. The van der Waals surface area contributed by atoms with Gasteiger partial charge in [0.25, 0.3) is 5.91 Å². The van der Waals surface area contributed by atoms with Gasteiger partial charge in [0.1, 0.15) is 17.3 Å². The van der Waals surface area contributed by atoms with Gasteiger partial charge in [-0.05, 0) is 24.5 Å². The normalized spacial score (nSPS) is 20.6. The first kappa shape index (κ1) is 24.4. The minimum absolute atomic E-state index is 0.100. The summed E-state index contributed by atoms with van der Waals surface area (Å²) in [6.45, 7) is 10.7. The van der Waals surface area contributed by atoms with Crippen LogP contribution in [0.5, 0.6) is 0 Å². The molecule has 3 aliphatic rings. The summed E-state index contributed by atoms with van der Waals surface area (Å²) in [5, 5.41) is 9.68. The zero-order chi connectivity index (χ0) is 25.0. The highest BCUT2D eigenvalue weighted by atomic mass is 16.1. The van der Waals surface area contributed by atoms with Crippen molar-refractivity contribution in [3.63, 3.8) is 0 Å². The topological polar surface area (TPSA) is 159 Å². The van der Waals surface area contributed by atoms with E-state index >= 15 is 0 Å². The van der Waals surface area contributed by atoms with Gasteiger partial charge >= 0.3 is 0 Å². The summed E-state index contributed by atoms with van der Waals surface area (Å²) in [7, 11) is 0. The number of carbonyl (C=O) groups is 1. The van der Waals surface area contributed by atoms with Crippen molar-refractivity contribution in [1.29, 1.82) is 0 Å². The lowest BCUT2D eigenvalue weighted by molar-refractivity contribution is 0.0996. The molecule has 1 aromatic heterocycles. The summed E-state index contributed by atoms with van der Waals surface area (Å²) in [4.78, 5) is 32.3. The maximum Gasteiger partial charge on any atom is 0.298 e. The Morgan fingerprint density at radius 1 is 1.20 bits per heavy atom. The predicted molar refractivity (Wildman–Crippen MR) is 138 cm³/mol. The monoisotopic (exact) mass is 478 g/mol. The Morgan fingerprint density at radius 3 is 2.54 bits per heavy atom. The molecule has 0 radical (unpaired) electrons. The average molecular weight is 479 g/mol. The van der Waals surface area contributed by atoms with Crippen LogP contribution in [-0.4, -0.2) is 66.9 Å². The van der Waals surface area contributed by atoms with Gasteiger partial charge in [0.15, 0.2) is 5.96 Å². The van der Waals surface area contributed by atoms with Crippen molar-refractivity contribution in [2.24, 2.45) is 32.8 Å². The lowest BCUT2D eigenvalue weighted by Crippen LogP contribution is -2.44. The molecule has 0 bridgehead atoms. The average Bonchev–Trinajstić information content (AvgIpc) is 2.89. The fraction of sp³-hybridized carbons (Fsp3) is 0.458. The fourth-order valence-corrected chi connectivity index (χ4v) is 4.26. The zero-order valence-electron chi connectivity index (χ0n) is 20.5. The molecule has 0 aromatic carbocycles. The van der Waals surface area contributed by atoms with Crippen LogP contribution in [0.15, 0.2) is 57.6 Å². The number of nitrogens with zero attached hydrogens (tertiary/aromatic N) is 5. The highest BCUT2D eigenvalue weighted by Gasteiger charge is 2.38. The van der Waals surface area contributed by atoms with Gasteiger partial charge < -0.3 is 32.3 Å². The minimum atomic E-state index is -0.624. The second-order valence-electron chi connectivity index (χ2n) is 9.30. The molecule has 35 heavy (non-hydrogen) atoms. The number of allylic oxidation sites excluding steroid dienone is 2. The van der Waals surface area contributed by atoms with E-state index < -0.39 is 11.3 Å². The molecule has 4 heterocycles. The van der Waals surface area contributed by atoms with Crippen LogP contribution in [0.1, 0.15) is 31.3 Å². The van der Waals surface area contributed by atoms with Crippen LogP contribution in [0.2, 0.25) is 0 Å². The number of anilines is 1. The number of nitrogens with two attached hydrogens (primary N) is 2. The quantitative estimate of drug-likeness (QED) is 0.285. The van der Waals surface area contributed by atoms with Crippen LogP contribution in [-0.2, 0) is 0 Å². The molecule has 3 aliphatic heterocycles. The van der Waals surface area contributed by atoms with E-state index in [-0.39, 0.29) is 17.4 Å². The van der Waals surface area contributed by atoms with E-state index in [4.69, 9.17) is 11.5 Å². The van der Waals surface area contributed by atoms with Crippen LogP contribution >= 0.6 is 0 Å². The molecule has 0 aliphatic carbocycles. The molecule has 11 nitrogen and oxygen atoms in total. The number of carbonyl (C=O) groups excluding carboxylic acids is 1.